The molecule has 0 radical (unpaired) electrons. The van der Waals surface area contributed by atoms with Crippen molar-refractivity contribution in [3.8, 4) is 0 Å². The lowest BCUT2D eigenvalue weighted by Gasteiger charge is -2.18. The van der Waals surface area contributed by atoms with Crippen molar-refractivity contribution < 1.29 is 0 Å². The van der Waals surface area contributed by atoms with Gasteiger partial charge in [0.05, 0.1) is 0 Å². The second-order valence-electron chi connectivity index (χ2n) is 5.89. The molecule has 0 aliphatic heterocycles. The van der Waals surface area contributed by atoms with Crippen LogP contribution in [0.4, 0.5) is 0 Å². The van der Waals surface area contributed by atoms with Crippen molar-refractivity contribution in [1.82, 2.24) is 5.32 Å². The fourth-order valence-electron chi connectivity index (χ4n) is 2.80. The molecule has 1 atom stereocenters. The van der Waals surface area contributed by atoms with Gasteiger partial charge < -0.3 is 5.32 Å². The van der Waals surface area contributed by atoms with Crippen molar-refractivity contribution in [2.24, 2.45) is 0 Å². The van der Waals surface area contributed by atoms with E-state index in [0.717, 1.165) is 6.54 Å². The SMILES string of the molecule is Cc1cccc([C@H](C)NCc2c(C)cc(C)cc2C)c1. The van der Waals surface area contributed by atoms with E-state index >= 15 is 0 Å². The molecule has 2 rings (SSSR count). The summed E-state index contributed by atoms with van der Waals surface area (Å²) in [6, 6.07) is 13.6. The molecule has 0 bridgehead atoms. The predicted molar refractivity (Wildman–Crippen MR) is 87.1 cm³/mol. The van der Waals surface area contributed by atoms with E-state index in [9.17, 15) is 0 Å². The maximum absolute atomic E-state index is 3.64. The highest BCUT2D eigenvalue weighted by Crippen LogP contribution is 2.19. The van der Waals surface area contributed by atoms with Crippen LogP contribution >= 0.6 is 0 Å². The third kappa shape index (κ3) is 3.49. The Morgan fingerprint density at radius 3 is 2.15 bits per heavy atom. The van der Waals surface area contributed by atoms with Gasteiger partial charge in [-0.1, -0.05) is 47.5 Å². The lowest BCUT2D eigenvalue weighted by atomic mass is 9.99. The number of nitrogens with one attached hydrogen (secondary N) is 1. The monoisotopic (exact) mass is 267 g/mol. The third-order valence-corrected chi connectivity index (χ3v) is 3.97. The highest BCUT2D eigenvalue weighted by molar-refractivity contribution is 5.37. The van der Waals surface area contributed by atoms with Crippen molar-refractivity contribution in [1.29, 1.82) is 0 Å². The Balaban J connectivity index is 2.09. The van der Waals surface area contributed by atoms with Crippen LogP contribution in [-0.2, 0) is 6.54 Å². The summed E-state index contributed by atoms with van der Waals surface area (Å²) in [7, 11) is 0. The van der Waals surface area contributed by atoms with Crippen LogP contribution in [0.1, 0.15) is 46.3 Å². The lowest BCUT2D eigenvalue weighted by molar-refractivity contribution is 0.572. The molecule has 0 amide bonds. The van der Waals surface area contributed by atoms with Crippen LogP contribution in [-0.4, -0.2) is 0 Å². The molecule has 0 fully saturated rings. The minimum atomic E-state index is 0.370. The Labute approximate surface area is 123 Å². The molecule has 1 nitrogen and oxygen atoms in total. The van der Waals surface area contributed by atoms with Crippen LogP contribution in [0.3, 0.4) is 0 Å². The molecule has 106 valence electrons. The quantitative estimate of drug-likeness (QED) is 0.841. The summed E-state index contributed by atoms with van der Waals surface area (Å²) >= 11 is 0. The molecule has 2 aromatic carbocycles. The molecular weight excluding hydrogens is 242 g/mol. The summed E-state index contributed by atoms with van der Waals surface area (Å²) in [5.74, 6) is 0. The smallest absolute Gasteiger partial charge is 0.0295 e. The van der Waals surface area contributed by atoms with Crippen molar-refractivity contribution in [3.05, 3.63) is 69.8 Å². The van der Waals surface area contributed by atoms with E-state index in [2.05, 4.69) is 76.3 Å². The first-order valence-corrected chi connectivity index (χ1v) is 7.34. The molecular formula is C19H25N. The lowest BCUT2D eigenvalue weighted by Crippen LogP contribution is -2.19. The Hall–Kier alpha value is -1.60. The molecule has 1 heteroatoms. The van der Waals surface area contributed by atoms with E-state index in [1.54, 1.807) is 0 Å². The summed E-state index contributed by atoms with van der Waals surface area (Å²) in [4.78, 5) is 0. The van der Waals surface area contributed by atoms with E-state index in [1.807, 2.05) is 0 Å². The van der Waals surface area contributed by atoms with E-state index < -0.39 is 0 Å². The molecule has 0 aromatic heterocycles. The van der Waals surface area contributed by atoms with Gasteiger partial charge in [-0.25, -0.2) is 0 Å². The predicted octanol–water partition coefficient (Wildman–Crippen LogP) is 4.77. The van der Waals surface area contributed by atoms with Gasteiger partial charge >= 0.3 is 0 Å². The number of rotatable bonds is 4. The van der Waals surface area contributed by atoms with Crippen LogP contribution in [0.5, 0.6) is 0 Å². The van der Waals surface area contributed by atoms with Gasteiger partial charge in [0.25, 0.3) is 0 Å². The Morgan fingerprint density at radius 1 is 0.900 bits per heavy atom. The van der Waals surface area contributed by atoms with Crippen LogP contribution in [0.25, 0.3) is 0 Å². The highest BCUT2D eigenvalue weighted by Gasteiger charge is 2.08. The molecule has 20 heavy (non-hydrogen) atoms. The van der Waals surface area contributed by atoms with Gasteiger partial charge in [0.15, 0.2) is 0 Å². The summed E-state index contributed by atoms with van der Waals surface area (Å²) in [6.45, 7) is 11.9. The van der Waals surface area contributed by atoms with E-state index in [1.165, 1.54) is 33.4 Å². The minimum Gasteiger partial charge on any atom is -0.306 e. The van der Waals surface area contributed by atoms with Gasteiger partial charge in [0.1, 0.15) is 0 Å². The van der Waals surface area contributed by atoms with Crippen molar-refractivity contribution in [2.75, 3.05) is 0 Å². The zero-order valence-electron chi connectivity index (χ0n) is 13.2. The van der Waals surface area contributed by atoms with Crippen molar-refractivity contribution in [3.63, 3.8) is 0 Å². The third-order valence-electron chi connectivity index (χ3n) is 3.97. The number of hydrogen-bond donors (Lipinski definition) is 1. The summed E-state index contributed by atoms with van der Waals surface area (Å²) in [5.41, 5.74) is 8.20. The largest absolute Gasteiger partial charge is 0.306 e. The maximum atomic E-state index is 3.64. The molecule has 0 saturated heterocycles. The van der Waals surface area contributed by atoms with Gasteiger partial charge in [0.2, 0.25) is 0 Å². The second kappa shape index (κ2) is 6.23. The average Bonchev–Trinajstić information content (AvgIpc) is 2.37. The van der Waals surface area contributed by atoms with Gasteiger partial charge in [-0.3, -0.25) is 0 Å². The Kier molecular flexibility index (Phi) is 4.61. The molecule has 0 unspecified atom stereocenters. The van der Waals surface area contributed by atoms with E-state index in [4.69, 9.17) is 0 Å². The summed E-state index contributed by atoms with van der Waals surface area (Å²) in [5, 5.41) is 3.64. The zero-order chi connectivity index (χ0) is 14.7. The maximum Gasteiger partial charge on any atom is 0.0295 e. The molecule has 0 saturated carbocycles. The van der Waals surface area contributed by atoms with Crippen molar-refractivity contribution in [2.45, 2.75) is 47.2 Å². The number of hydrogen-bond acceptors (Lipinski definition) is 1. The summed E-state index contributed by atoms with van der Waals surface area (Å²) in [6.07, 6.45) is 0. The van der Waals surface area contributed by atoms with E-state index in [0.29, 0.717) is 6.04 Å². The average molecular weight is 267 g/mol. The van der Waals surface area contributed by atoms with E-state index in [-0.39, 0.29) is 0 Å². The normalized spacial score (nSPS) is 12.4. The van der Waals surface area contributed by atoms with Gasteiger partial charge in [-0.05, 0) is 56.9 Å². The molecule has 1 N–H and O–H groups in total. The fraction of sp³-hybridized carbons (Fsp3) is 0.368. The fourth-order valence-corrected chi connectivity index (χ4v) is 2.80. The molecule has 0 spiro atoms. The highest BCUT2D eigenvalue weighted by atomic mass is 14.9. The Morgan fingerprint density at radius 2 is 1.55 bits per heavy atom. The van der Waals surface area contributed by atoms with Crippen molar-refractivity contribution >= 4 is 0 Å². The zero-order valence-corrected chi connectivity index (χ0v) is 13.2. The second-order valence-corrected chi connectivity index (χ2v) is 5.89. The molecule has 0 aliphatic rings. The van der Waals surface area contributed by atoms with Crippen LogP contribution in [0, 0.1) is 27.7 Å². The number of aryl methyl sites for hydroxylation is 4. The standard InChI is InChI=1S/C19H25N/c1-13-7-6-8-18(11-13)17(5)20-12-19-15(3)9-14(2)10-16(19)4/h6-11,17,20H,12H2,1-5H3/t17-/m0/s1. The number of benzene rings is 2. The first-order valence-electron chi connectivity index (χ1n) is 7.34. The van der Waals surface area contributed by atoms with Gasteiger partial charge in [-0.15, -0.1) is 0 Å². The summed E-state index contributed by atoms with van der Waals surface area (Å²) < 4.78 is 0. The van der Waals surface area contributed by atoms with Gasteiger partial charge in [-0.2, -0.15) is 0 Å². The first kappa shape index (κ1) is 14.8. The van der Waals surface area contributed by atoms with Crippen LogP contribution in [0.2, 0.25) is 0 Å². The topological polar surface area (TPSA) is 12.0 Å². The first-order chi connectivity index (χ1) is 9.47. The minimum absolute atomic E-state index is 0.370. The van der Waals surface area contributed by atoms with Crippen LogP contribution in [0.15, 0.2) is 36.4 Å². The van der Waals surface area contributed by atoms with Gasteiger partial charge in [0, 0.05) is 12.6 Å². The van der Waals surface area contributed by atoms with Crippen LogP contribution < -0.4 is 5.32 Å². The molecule has 0 aliphatic carbocycles. The molecule has 0 heterocycles. The Bertz CT molecular complexity index is 575. The molecule has 2 aromatic rings.